The van der Waals surface area contributed by atoms with Crippen LogP contribution in [0.25, 0.3) is 11.3 Å². The minimum atomic E-state index is -0.357. The second-order valence-corrected chi connectivity index (χ2v) is 7.30. The lowest BCUT2D eigenvalue weighted by molar-refractivity contribution is -0.116. The van der Waals surface area contributed by atoms with E-state index in [1.165, 1.54) is 31.4 Å². The molecule has 0 aliphatic carbocycles. The Morgan fingerprint density at radius 2 is 1.97 bits per heavy atom. The summed E-state index contributed by atoms with van der Waals surface area (Å²) in [5.41, 5.74) is 1.42. The van der Waals surface area contributed by atoms with Crippen molar-refractivity contribution in [3.63, 3.8) is 0 Å². The number of nitrogens with zero attached hydrogens (tertiary/aromatic N) is 1. The fourth-order valence-electron chi connectivity index (χ4n) is 2.73. The molecule has 6 nitrogen and oxygen atoms in total. The summed E-state index contributed by atoms with van der Waals surface area (Å²) in [6.45, 7) is 1.79. The van der Waals surface area contributed by atoms with Gasteiger partial charge in [-0.1, -0.05) is 12.1 Å². The summed E-state index contributed by atoms with van der Waals surface area (Å²) in [6.07, 6.45) is 0.720. The van der Waals surface area contributed by atoms with E-state index in [2.05, 4.69) is 10.3 Å². The van der Waals surface area contributed by atoms with Crippen molar-refractivity contribution in [3.05, 3.63) is 59.2 Å². The Labute approximate surface area is 177 Å². The first kappa shape index (κ1) is 21.4. The highest BCUT2D eigenvalue weighted by Crippen LogP contribution is 2.29. The third kappa shape index (κ3) is 5.42. The summed E-state index contributed by atoms with van der Waals surface area (Å²) >= 11 is 1.24. The van der Waals surface area contributed by atoms with E-state index in [4.69, 9.17) is 9.47 Å². The van der Waals surface area contributed by atoms with Crippen molar-refractivity contribution in [3.8, 4) is 22.8 Å². The van der Waals surface area contributed by atoms with Gasteiger partial charge < -0.3 is 14.8 Å². The van der Waals surface area contributed by atoms with Gasteiger partial charge in [-0.2, -0.15) is 0 Å². The molecule has 1 aromatic heterocycles. The molecule has 0 atom stereocenters. The number of thiazole rings is 1. The summed E-state index contributed by atoms with van der Waals surface area (Å²) < 4.78 is 24.8. The number of carbonyl (C=O) groups excluding carboxylic acids is 2. The number of aromatic nitrogens is 1. The topological polar surface area (TPSA) is 77.5 Å². The molecule has 0 unspecified atom stereocenters. The van der Waals surface area contributed by atoms with Crippen molar-refractivity contribution >= 4 is 28.2 Å². The van der Waals surface area contributed by atoms with Crippen LogP contribution in [-0.2, 0) is 4.79 Å². The van der Waals surface area contributed by atoms with Gasteiger partial charge in [-0.05, 0) is 43.7 Å². The quantitative estimate of drug-likeness (QED) is 0.385. The molecule has 0 aliphatic rings. The van der Waals surface area contributed by atoms with E-state index in [1.807, 2.05) is 0 Å². The third-order valence-corrected chi connectivity index (χ3v) is 5.03. The standard InChI is InChI=1S/C22H21FN2O4S/c1-14(26)15-9-10-19(20(12-15)28-2)29-11-5-8-21(27)25-22-24-18(13-30-22)16-6-3-4-7-17(16)23/h3-4,6-7,9-10,12-13H,5,8,11H2,1-2H3,(H,24,25,27). The maximum Gasteiger partial charge on any atom is 0.226 e. The Bertz CT molecular complexity index is 1050. The number of nitrogens with one attached hydrogen (secondary N) is 1. The molecule has 1 N–H and O–H groups in total. The highest BCUT2D eigenvalue weighted by Gasteiger charge is 2.12. The number of benzene rings is 2. The summed E-state index contributed by atoms with van der Waals surface area (Å²) in [5, 5.41) is 4.84. The SMILES string of the molecule is COc1cc(C(C)=O)ccc1OCCCC(=O)Nc1nc(-c2ccccc2F)cs1. The predicted octanol–water partition coefficient (Wildman–Crippen LogP) is 4.96. The number of methoxy groups -OCH3 is 1. The zero-order chi connectivity index (χ0) is 21.5. The second kappa shape index (κ2) is 9.98. The van der Waals surface area contributed by atoms with Gasteiger partial charge >= 0.3 is 0 Å². The number of anilines is 1. The third-order valence-electron chi connectivity index (χ3n) is 4.28. The molecule has 0 saturated heterocycles. The van der Waals surface area contributed by atoms with Crippen molar-refractivity contribution in [2.45, 2.75) is 19.8 Å². The Morgan fingerprint density at radius 3 is 2.70 bits per heavy atom. The molecule has 3 rings (SSSR count). The number of hydrogen-bond donors (Lipinski definition) is 1. The molecule has 0 fully saturated rings. The van der Waals surface area contributed by atoms with Crippen molar-refractivity contribution in [1.82, 2.24) is 4.98 Å². The summed E-state index contributed by atoms with van der Waals surface area (Å²) in [5.74, 6) is 0.362. The lowest BCUT2D eigenvalue weighted by atomic mass is 10.1. The van der Waals surface area contributed by atoms with Crippen LogP contribution in [0.1, 0.15) is 30.1 Å². The molecule has 156 valence electrons. The van der Waals surface area contributed by atoms with Gasteiger partial charge in [0.1, 0.15) is 5.82 Å². The molecule has 30 heavy (non-hydrogen) atoms. The van der Waals surface area contributed by atoms with Gasteiger partial charge in [0.05, 0.1) is 19.4 Å². The molecular formula is C22H21FN2O4S. The van der Waals surface area contributed by atoms with E-state index < -0.39 is 0 Å². The van der Waals surface area contributed by atoms with Crippen molar-refractivity contribution in [2.75, 3.05) is 19.0 Å². The van der Waals surface area contributed by atoms with E-state index in [-0.39, 0.29) is 23.9 Å². The van der Waals surface area contributed by atoms with E-state index in [1.54, 1.807) is 41.8 Å². The predicted molar refractivity (Wildman–Crippen MR) is 114 cm³/mol. The van der Waals surface area contributed by atoms with Crippen LogP contribution in [0.2, 0.25) is 0 Å². The molecule has 0 aliphatic heterocycles. The van der Waals surface area contributed by atoms with Gasteiger partial charge in [-0.15, -0.1) is 11.3 Å². The Kier molecular flexibility index (Phi) is 7.13. The number of hydrogen-bond acceptors (Lipinski definition) is 6. The van der Waals surface area contributed by atoms with Crippen LogP contribution in [0.5, 0.6) is 11.5 Å². The zero-order valence-electron chi connectivity index (χ0n) is 16.6. The summed E-state index contributed by atoms with van der Waals surface area (Å²) in [6, 6.07) is 11.3. The number of ketones is 1. The first-order chi connectivity index (χ1) is 14.5. The number of halogens is 1. The van der Waals surface area contributed by atoms with E-state index >= 15 is 0 Å². The first-order valence-electron chi connectivity index (χ1n) is 9.30. The van der Waals surface area contributed by atoms with Gasteiger partial charge in [-0.25, -0.2) is 9.37 Å². The van der Waals surface area contributed by atoms with Crippen molar-refractivity contribution < 1.29 is 23.5 Å². The van der Waals surface area contributed by atoms with E-state index in [0.29, 0.717) is 46.5 Å². The number of carbonyl (C=O) groups is 2. The van der Waals surface area contributed by atoms with Crippen LogP contribution in [0.4, 0.5) is 9.52 Å². The van der Waals surface area contributed by atoms with E-state index in [9.17, 15) is 14.0 Å². The maximum absolute atomic E-state index is 13.8. The van der Waals surface area contributed by atoms with Crippen LogP contribution in [-0.4, -0.2) is 30.4 Å². The summed E-state index contributed by atoms with van der Waals surface area (Å²) in [4.78, 5) is 27.9. The average molecular weight is 428 g/mol. The van der Waals surface area contributed by atoms with Gasteiger partial charge in [0.25, 0.3) is 0 Å². The molecule has 1 heterocycles. The Balaban J connectivity index is 1.48. The van der Waals surface area contributed by atoms with Crippen LogP contribution in [0.3, 0.4) is 0 Å². The molecule has 0 spiro atoms. The highest BCUT2D eigenvalue weighted by molar-refractivity contribution is 7.14. The molecule has 0 radical (unpaired) electrons. The second-order valence-electron chi connectivity index (χ2n) is 6.44. The zero-order valence-corrected chi connectivity index (χ0v) is 17.4. The maximum atomic E-state index is 13.8. The van der Waals surface area contributed by atoms with Gasteiger partial charge in [0.2, 0.25) is 5.91 Å². The Hall–Kier alpha value is -3.26. The molecule has 0 bridgehead atoms. The lowest BCUT2D eigenvalue weighted by Gasteiger charge is -2.11. The molecule has 1 amide bonds. The monoisotopic (exact) mass is 428 g/mol. The lowest BCUT2D eigenvalue weighted by Crippen LogP contribution is -2.12. The number of ether oxygens (including phenoxy) is 2. The molecule has 0 saturated carbocycles. The first-order valence-corrected chi connectivity index (χ1v) is 10.2. The van der Waals surface area contributed by atoms with Crippen LogP contribution < -0.4 is 14.8 Å². The fourth-order valence-corrected chi connectivity index (χ4v) is 3.45. The largest absolute Gasteiger partial charge is 0.493 e. The van der Waals surface area contributed by atoms with Gasteiger partial charge in [0.15, 0.2) is 22.4 Å². The molecule has 3 aromatic rings. The fraction of sp³-hybridized carbons (Fsp3) is 0.227. The smallest absolute Gasteiger partial charge is 0.226 e. The number of amides is 1. The van der Waals surface area contributed by atoms with E-state index in [0.717, 1.165) is 0 Å². The van der Waals surface area contributed by atoms with Crippen molar-refractivity contribution in [2.24, 2.45) is 0 Å². The number of rotatable bonds is 9. The van der Waals surface area contributed by atoms with Gasteiger partial charge in [0, 0.05) is 22.9 Å². The van der Waals surface area contributed by atoms with Crippen LogP contribution >= 0.6 is 11.3 Å². The van der Waals surface area contributed by atoms with Crippen LogP contribution in [0, 0.1) is 5.82 Å². The minimum Gasteiger partial charge on any atom is -0.493 e. The van der Waals surface area contributed by atoms with Crippen LogP contribution in [0.15, 0.2) is 47.8 Å². The van der Waals surface area contributed by atoms with Crippen molar-refractivity contribution in [1.29, 1.82) is 0 Å². The Morgan fingerprint density at radius 1 is 1.17 bits per heavy atom. The molecule has 2 aromatic carbocycles. The van der Waals surface area contributed by atoms with Gasteiger partial charge in [-0.3, -0.25) is 9.59 Å². The molecular weight excluding hydrogens is 407 g/mol. The minimum absolute atomic E-state index is 0.0585. The molecule has 8 heteroatoms. The number of Topliss-reactive ketones (excluding diaryl/α,β-unsaturated/α-hetero) is 1. The average Bonchev–Trinajstić information content (AvgIpc) is 3.19. The highest BCUT2D eigenvalue weighted by atomic mass is 32.1. The normalized spacial score (nSPS) is 10.5. The summed E-state index contributed by atoms with van der Waals surface area (Å²) in [7, 11) is 1.50.